The molecular weight excluding hydrogens is 1330 g/mol. The molecule has 0 fully saturated rings. The number of phosphoric acid groups is 2. The fraction of sp³-hybridized carbons (Fsp3) is 0.639. The van der Waals surface area contributed by atoms with Crippen LogP contribution < -0.4 is 0 Å². The molecule has 0 rings (SSSR count). The predicted molar refractivity (Wildman–Crippen MR) is 417 cm³/mol. The maximum Gasteiger partial charge on any atom is 0.472 e. The van der Waals surface area contributed by atoms with Crippen molar-refractivity contribution < 1.29 is 80.2 Å². The van der Waals surface area contributed by atoms with Crippen molar-refractivity contribution in [3.05, 3.63) is 158 Å². The van der Waals surface area contributed by atoms with Gasteiger partial charge in [0.25, 0.3) is 0 Å². The van der Waals surface area contributed by atoms with Gasteiger partial charge in [0.15, 0.2) is 12.2 Å². The lowest BCUT2D eigenvalue weighted by molar-refractivity contribution is -0.161. The van der Waals surface area contributed by atoms with E-state index in [1.807, 2.05) is 0 Å². The number of allylic oxidation sites excluding steroid dienone is 26. The number of phosphoric ester groups is 2. The molecule has 0 heterocycles. The Hall–Kier alpha value is -5.32. The summed E-state index contributed by atoms with van der Waals surface area (Å²) in [5.74, 6) is -2.28. The van der Waals surface area contributed by atoms with E-state index in [1.165, 1.54) is 12.8 Å². The van der Waals surface area contributed by atoms with Gasteiger partial charge in [0.2, 0.25) is 0 Å². The average Bonchev–Trinajstić information content (AvgIpc) is 0.921. The molecule has 0 aliphatic rings. The molecule has 0 aromatic rings. The second-order valence-corrected chi connectivity index (χ2v) is 28.1. The highest BCUT2D eigenvalue weighted by molar-refractivity contribution is 7.47. The standard InChI is InChI=1S/C83H136O17P2/c1-5-9-13-17-21-25-29-32-35-37-38-40-42-45-49-52-56-60-64-68-81(86)94-74-79(100-83(88)70-66-62-58-54-50-46-43-39-36-33-30-26-22-18-14-10-6-2)76-98-102(91,92)96-72-77(84)71-95-101(89,90)97-75-78(99-82(87)69-65-61-57-53-47-28-24-20-16-12-8-4)73-93-80(85)67-63-59-55-51-48-44-41-34-31-27-23-19-15-11-7-3/h9-11,13-15,20-27,32-36,38,40-41,43,45-46,49,77-79,84H,5-8,12,16-19,28-31,37,39,42,44,47-48,50-76H2,1-4H3,(H,89,90)(H,91,92)/b13-9-,14-10-,15-11-,24-20-,25-21-,26-22-,27-23-,35-32-,36-33-,40-38-,41-34-,46-43-,49-45-. The summed E-state index contributed by atoms with van der Waals surface area (Å²) < 4.78 is 68.4. The molecule has 0 aliphatic heterocycles. The molecule has 0 bridgehead atoms. The summed E-state index contributed by atoms with van der Waals surface area (Å²) in [6.07, 6.45) is 85.2. The van der Waals surface area contributed by atoms with Gasteiger partial charge in [-0.3, -0.25) is 37.3 Å². The highest BCUT2D eigenvalue weighted by atomic mass is 31.2. The molecule has 0 aliphatic carbocycles. The Morgan fingerprint density at radius 1 is 0.284 bits per heavy atom. The third-order valence-electron chi connectivity index (χ3n) is 15.5. The second-order valence-electron chi connectivity index (χ2n) is 25.1. The molecule has 0 radical (unpaired) electrons. The Labute approximate surface area is 617 Å². The van der Waals surface area contributed by atoms with E-state index >= 15 is 0 Å². The van der Waals surface area contributed by atoms with E-state index in [2.05, 4.69) is 186 Å². The lowest BCUT2D eigenvalue weighted by atomic mass is 10.1. The van der Waals surface area contributed by atoms with E-state index < -0.39 is 97.5 Å². The van der Waals surface area contributed by atoms with Gasteiger partial charge in [-0.15, -0.1) is 0 Å². The van der Waals surface area contributed by atoms with E-state index in [0.717, 1.165) is 193 Å². The summed E-state index contributed by atoms with van der Waals surface area (Å²) in [6.45, 7) is 4.38. The zero-order valence-electron chi connectivity index (χ0n) is 63.2. The molecule has 19 heteroatoms. The largest absolute Gasteiger partial charge is 0.472 e. The van der Waals surface area contributed by atoms with Gasteiger partial charge in [0.05, 0.1) is 26.4 Å². The Bertz CT molecular complexity index is 2550. The zero-order valence-corrected chi connectivity index (χ0v) is 65.0. The van der Waals surface area contributed by atoms with Crippen LogP contribution in [0.25, 0.3) is 0 Å². The van der Waals surface area contributed by atoms with E-state index in [9.17, 15) is 43.2 Å². The topological polar surface area (TPSA) is 237 Å². The highest BCUT2D eigenvalue weighted by Crippen LogP contribution is 2.45. The maximum atomic E-state index is 13.1. The van der Waals surface area contributed by atoms with E-state index in [0.29, 0.717) is 25.7 Å². The van der Waals surface area contributed by atoms with Crippen LogP contribution in [0.4, 0.5) is 0 Å². The summed E-state index contributed by atoms with van der Waals surface area (Å²) in [5.41, 5.74) is 0. The van der Waals surface area contributed by atoms with Gasteiger partial charge >= 0.3 is 39.5 Å². The lowest BCUT2D eigenvalue weighted by Gasteiger charge is -2.21. The molecule has 0 saturated carbocycles. The van der Waals surface area contributed by atoms with Crippen molar-refractivity contribution in [3.63, 3.8) is 0 Å². The Morgan fingerprint density at radius 3 is 0.804 bits per heavy atom. The van der Waals surface area contributed by atoms with Crippen LogP contribution in [0.5, 0.6) is 0 Å². The molecule has 0 aromatic heterocycles. The van der Waals surface area contributed by atoms with Gasteiger partial charge in [-0.05, 0) is 161 Å². The van der Waals surface area contributed by atoms with Crippen molar-refractivity contribution >= 4 is 39.5 Å². The number of hydrogen-bond acceptors (Lipinski definition) is 15. The number of ether oxygens (including phenoxy) is 4. The average molecular weight is 1470 g/mol. The molecule has 0 saturated heterocycles. The summed E-state index contributed by atoms with van der Waals surface area (Å²) in [4.78, 5) is 72.9. The third kappa shape index (κ3) is 73.0. The predicted octanol–water partition coefficient (Wildman–Crippen LogP) is 22.4. The minimum atomic E-state index is -5.00. The first-order valence-electron chi connectivity index (χ1n) is 38.7. The number of aliphatic hydroxyl groups is 1. The van der Waals surface area contributed by atoms with Crippen molar-refractivity contribution in [2.75, 3.05) is 39.6 Å². The van der Waals surface area contributed by atoms with Crippen LogP contribution in [0.15, 0.2) is 158 Å². The van der Waals surface area contributed by atoms with E-state index in [-0.39, 0.29) is 25.7 Å². The molecule has 0 amide bonds. The normalized spacial score (nSPS) is 14.8. The molecule has 3 N–H and O–H groups in total. The SMILES string of the molecule is CC/C=C\C/C=C\C/C=C\C/C=C\C/C=C\CCCCCC(=O)OCC(COP(=O)(O)OCC(O)COP(=O)(O)OCC(COC(=O)CCCCCCC/C=C\C/C=C\C/C=C\CC)OC(=O)CCCCCCC/C=C\CCCC)OC(=O)CCCCCC/C=C\C/C=C\C/C=C\C/C=C\CC. The first-order chi connectivity index (χ1) is 49.7. The van der Waals surface area contributed by atoms with Crippen LogP contribution in [-0.2, 0) is 65.4 Å². The van der Waals surface area contributed by atoms with Crippen LogP contribution >= 0.6 is 15.6 Å². The summed E-state index contributed by atoms with van der Waals surface area (Å²) in [6, 6.07) is 0. The van der Waals surface area contributed by atoms with Gasteiger partial charge in [-0.1, -0.05) is 256 Å². The summed E-state index contributed by atoms with van der Waals surface area (Å²) in [7, 11) is -9.99. The maximum absolute atomic E-state index is 13.1. The Balaban J connectivity index is 5.42. The second kappa shape index (κ2) is 74.0. The van der Waals surface area contributed by atoms with Crippen LogP contribution in [-0.4, -0.2) is 96.7 Å². The van der Waals surface area contributed by atoms with Gasteiger partial charge in [-0.25, -0.2) is 9.13 Å². The quantitative estimate of drug-likeness (QED) is 0.0169. The van der Waals surface area contributed by atoms with Gasteiger partial charge in [0.1, 0.15) is 19.3 Å². The number of rotatable bonds is 71. The first-order valence-corrected chi connectivity index (χ1v) is 41.7. The molecular formula is C83H136O17P2. The number of carbonyl (C=O) groups is 4. The Kier molecular flexibility index (Phi) is 70.1. The van der Waals surface area contributed by atoms with E-state index in [1.54, 1.807) is 0 Å². The van der Waals surface area contributed by atoms with Crippen LogP contribution in [0.1, 0.15) is 285 Å². The monoisotopic (exact) mass is 1470 g/mol. The number of unbranched alkanes of at least 4 members (excludes halogenated alkanes) is 19. The molecule has 580 valence electrons. The Morgan fingerprint density at radius 2 is 0.510 bits per heavy atom. The van der Waals surface area contributed by atoms with Crippen molar-refractivity contribution in [3.8, 4) is 0 Å². The van der Waals surface area contributed by atoms with Gasteiger partial charge < -0.3 is 33.8 Å². The molecule has 17 nitrogen and oxygen atoms in total. The fourth-order valence-corrected chi connectivity index (χ4v) is 11.2. The zero-order chi connectivity index (χ0) is 74.6. The first kappa shape index (κ1) is 96.7. The smallest absolute Gasteiger partial charge is 0.462 e. The van der Waals surface area contributed by atoms with Gasteiger partial charge in [-0.2, -0.15) is 0 Å². The molecule has 5 unspecified atom stereocenters. The summed E-state index contributed by atoms with van der Waals surface area (Å²) in [5, 5.41) is 10.6. The van der Waals surface area contributed by atoms with Gasteiger partial charge in [0, 0.05) is 25.7 Å². The van der Waals surface area contributed by atoms with Crippen LogP contribution in [0.3, 0.4) is 0 Å². The third-order valence-corrected chi connectivity index (χ3v) is 17.4. The number of hydrogen-bond donors (Lipinski definition) is 3. The number of esters is 4. The molecule has 0 spiro atoms. The van der Waals surface area contributed by atoms with Crippen molar-refractivity contribution in [2.24, 2.45) is 0 Å². The minimum absolute atomic E-state index is 0.0534. The van der Waals surface area contributed by atoms with Crippen LogP contribution in [0, 0.1) is 0 Å². The molecule has 5 atom stereocenters. The lowest BCUT2D eigenvalue weighted by Crippen LogP contribution is -2.30. The number of carbonyl (C=O) groups excluding carboxylic acids is 4. The minimum Gasteiger partial charge on any atom is -0.462 e. The molecule has 102 heavy (non-hydrogen) atoms. The highest BCUT2D eigenvalue weighted by Gasteiger charge is 2.30. The number of aliphatic hydroxyl groups excluding tert-OH is 1. The van der Waals surface area contributed by atoms with Crippen molar-refractivity contribution in [1.29, 1.82) is 0 Å². The van der Waals surface area contributed by atoms with Crippen molar-refractivity contribution in [1.82, 2.24) is 0 Å². The summed E-state index contributed by atoms with van der Waals surface area (Å²) >= 11 is 0. The van der Waals surface area contributed by atoms with E-state index in [4.69, 9.17) is 37.0 Å². The van der Waals surface area contributed by atoms with Crippen LogP contribution in [0.2, 0.25) is 0 Å². The molecule has 0 aromatic carbocycles. The van der Waals surface area contributed by atoms with Crippen molar-refractivity contribution in [2.45, 2.75) is 303 Å². The fourth-order valence-electron chi connectivity index (χ4n) is 9.64.